The average Bonchev–Trinajstić information content (AvgIpc) is 3.29. The highest BCUT2D eigenvalue weighted by Gasteiger charge is 2.30. The summed E-state index contributed by atoms with van der Waals surface area (Å²) < 4.78 is 31.0. The number of benzene rings is 1. The number of fused-ring (bicyclic) bond motifs is 1. The van der Waals surface area contributed by atoms with E-state index in [1.165, 1.54) is 4.90 Å². The lowest BCUT2D eigenvalue weighted by Crippen LogP contribution is -2.48. The highest BCUT2D eigenvalue weighted by molar-refractivity contribution is 5.85. The maximum atomic E-state index is 15.2. The van der Waals surface area contributed by atoms with Gasteiger partial charge < -0.3 is 21.9 Å². The molecule has 1 aliphatic carbocycles. The summed E-state index contributed by atoms with van der Waals surface area (Å²) >= 11 is 0. The number of rotatable bonds is 3. The quantitative estimate of drug-likeness (QED) is 0.629. The molecule has 0 amide bonds. The van der Waals surface area contributed by atoms with Crippen LogP contribution < -0.4 is 33.2 Å². The highest BCUT2D eigenvalue weighted by Crippen LogP contribution is 2.31. The number of nitrogens with one attached hydrogen (secondary N) is 1. The fourth-order valence-electron chi connectivity index (χ4n) is 3.20. The largest absolute Gasteiger partial charge is 0.368 e. The van der Waals surface area contributed by atoms with Crippen LogP contribution in [0, 0.1) is 11.6 Å². The first-order valence-electron chi connectivity index (χ1n) is 8.10. The van der Waals surface area contributed by atoms with Crippen LogP contribution in [0.25, 0.3) is 10.9 Å². The fourth-order valence-corrected chi connectivity index (χ4v) is 3.20. The van der Waals surface area contributed by atoms with Crippen LogP contribution in [0.4, 0.5) is 14.5 Å². The molecule has 1 aromatic carbocycles. The topological polar surface area (TPSA) is 111 Å². The Labute approximate surface area is 152 Å². The molecular weight excluding hydrogens is 370 g/mol. The van der Waals surface area contributed by atoms with Gasteiger partial charge in [0.05, 0.1) is 5.39 Å². The minimum Gasteiger partial charge on any atom is -0.365 e. The Morgan fingerprint density at radius 2 is 1.88 bits per heavy atom. The number of hydrogen-bond donors (Lipinski definition) is 3. The number of hydrogen-bond acceptors (Lipinski definition) is 6. The van der Waals surface area contributed by atoms with E-state index in [9.17, 15) is 14.0 Å². The Morgan fingerprint density at radius 3 is 2.46 bits per heavy atom. The van der Waals surface area contributed by atoms with Gasteiger partial charge in [-0.15, -0.1) is 12.4 Å². The van der Waals surface area contributed by atoms with Crippen molar-refractivity contribution in [3.63, 3.8) is 0 Å². The lowest BCUT2D eigenvalue weighted by Gasteiger charge is -2.22. The predicted octanol–water partition coefficient (Wildman–Crippen LogP) is -0.180. The number of nitrogen functional groups attached to an aromatic ring is 1. The first-order chi connectivity index (χ1) is 11.9. The van der Waals surface area contributed by atoms with Crippen molar-refractivity contribution in [1.29, 1.82) is 0 Å². The van der Waals surface area contributed by atoms with Gasteiger partial charge >= 0.3 is 5.69 Å². The zero-order valence-corrected chi connectivity index (χ0v) is 14.6. The van der Waals surface area contributed by atoms with Crippen LogP contribution in [-0.4, -0.2) is 34.5 Å². The van der Waals surface area contributed by atoms with Crippen LogP contribution in [-0.2, 0) is 0 Å². The Morgan fingerprint density at radius 1 is 1.19 bits per heavy atom. The Balaban J connectivity index is 0.00000196. The van der Waals surface area contributed by atoms with Gasteiger partial charge in [0.2, 0.25) is 0 Å². The van der Waals surface area contributed by atoms with Crippen LogP contribution in [0.1, 0.15) is 19.3 Å². The smallest absolute Gasteiger partial charge is 0.365 e. The summed E-state index contributed by atoms with van der Waals surface area (Å²) in [4.78, 5) is 26.0. The van der Waals surface area contributed by atoms with Gasteiger partial charge in [-0.1, -0.05) is 0 Å². The van der Waals surface area contributed by atoms with Gasteiger partial charge in [0.15, 0.2) is 5.82 Å². The molecule has 5 N–H and O–H groups in total. The minimum absolute atomic E-state index is 0. The van der Waals surface area contributed by atoms with E-state index < -0.39 is 22.9 Å². The first kappa shape index (κ1) is 18.5. The minimum atomic E-state index is -0.966. The zero-order valence-electron chi connectivity index (χ0n) is 13.7. The van der Waals surface area contributed by atoms with E-state index in [1.54, 1.807) is 0 Å². The molecule has 1 aromatic heterocycles. The summed E-state index contributed by atoms with van der Waals surface area (Å²) in [5.74, 6) is 3.64. The van der Waals surface area contributed by atoms with Crippen molar-refractivity contribution in [2.45, 2.75) is 31.3 Å². The van der Waals surface area contributed by atoms with Gasteiger partial charge in [0.25, 0.3) is 5.56 Å². The molecule has 2 heterocycles. The van der Waals surface area contributed by atoms with Crippen LogP contribution in [0.3, 0.4) is 0 Å². The lowest BCUT2D eigenvalue weighted by atomic mass is 10.2. The van der Waals surface area contributed by atoms with Gasteiger partial charge in [0.1, 0.15) is 17.0 Å². The Kier molecular flexibility index (Phi) is 4.57. The van der Waals surface area contributed by atoms with Crippen molar-refractivity contribution < 1.29 is 8.78 Å². The summed E-state index contributed by atoms with van der Waals surface area (Å²) in [7, 11) is 0. The van der Waals surface area contributed by atoms with Gasteiger partial charge in [0, 0.05) is 25.2 Å². The zero-order chi connectivity index (χ0) is 17.9. The molecule has 1 aliphatic heterocycles. The molecule has 142 valence electrons. The van der Waals surface area contributed by atoms with Crippen LogP contribution in [0.15, 0.2) is 15.7 Å². The number of anilines is 1. The Bertz CT molecular complexity index is 987. The molecule has 2 aliphatic rings. The van der Waals surface area contributed by atoms with E-state index in [0.717, 1.165) is 23.6 Å². The molecule has 4 rings (SSSR count). The number of nitrogens with two attached hydrogens (primary N) is 2. The maximum absolute atomic E-state index is 15.2. The van der Waals surface area contributed by atoms with Crippen LogP contribution in [0.2, 0.25) is 0 Å². The molecule has 8 nitrogen and oxygen atoms in total. The molecule has 2 fully saturated rings. The summed E-state index contributed by atoms with van der Waals surface area (Å²) in [6.07, 6.45) is 2.23. The van der Waals surface area contributed by atoms with E-state index in [1.807, 2.05) is 0 Å². The summed E-state index contributed by atoms with van der Waals surface area (Å²) in [5, 5.41) is -0.294. The summed E-state index contributed by atoms with van der Waals surface area (Å²) in [6, 6.07) is 0.734. The molecule has 1 atom stereocenters. The molecule has 26 heavy (non-hydrogen) atoms. The van der Waals surface area contributed by atoms with Crippen molar-refractivity contribution in [2.75, 3.05) is 29.3 Å². The maximum Gasteiger partial charge on any atom is 0.368 e. The van der Waals surface area contributed by atoms with E-state index in [4.69, 9.17) is 11.6 Å². The second-order valence-corrected chi connectivity index (χ2v) is 6.61. The average molecular weight is 389 g/mol. The number of halogens is 3. The monoisotopic (exact) mass is 388 g/mol. The normalized spacial score (nSPS) is 19.7. The van der Waals surface area contributed by atoms with Crippen molar-refractivity contribution in [1.82, 2.24) is 9.35 Å². The third kappa shape index (κ3) is 2.78. The highest BCUT2D eigenvalue weighted by atomic mass is 35.5. The van der Waals surface area contributed by atoms with Crippen LogP contribution in [0.5, 0.6) is 0 Å². The number of aromatic nitrogens is 2. The van der Waals surface area contributed by atoms with Gasteiger partial charge in [-0.3, -0.25) is 4.79 Å². The number of nitrogens with zero attached hydrogens (tertiary/aromatic N) is 3. The van der Waals surface area contributed by atoms with Crippen molar-refractivity contribution in [3.8, 4) is 0 Å². The van der Waals surface area contributed by atoms with E-state index >= 15 is 4.39 Å². The van der Waals surface area contributed by atoms with Crippen LogP contribution >= 0.6 is 12.4 Å². The molecule has 1 saturated heterocycles. The first-order valence-corrected chi connectivity index (χ1v) is 8.10. The molecule has 0 spiro atoms. The molecule has 1 saturated carbocycles. The predicted molar refractivity (Wildman–Crippen MR) is 97.0 cm³/mol. The molecule has 11 heteroatoms. The molecule has 0 radical (unpaired) electrons. The second-order valence-electron chi connectivity index (χ2n) is 6.61. The second kappa shape index (κ2) is 6.44. The third-order valence-corrected chi connectivity index (χ3v) is 4.67. The summed E-state index contributed by atoms with van der Waals surface area (Å²) in [5.41, 5.74) is 6.24. The van der Waals surface area contributed by atoms with Crippen molar-refractivity contribution >= 4 is 29.0 Å². The standard InChI is InChI=1S/C15H18F2N6O2.ClH/c16-10-5-9-12(11(17)13(10)21-4-3-7(18)6-21)23(20-8-1-2-8)15(25)22(19)14(9)24;/h5,7-8,20H,1-4,6,18-19H2;1H. The van der Waals surface area contributed by atoms with Crippen molar-refractivity contribution in [2.24, 2.45) is 5.73 Å². The summed E-state index contributed by atoms with van der Waals surface area (Å²) in [6.45, 7) is 0.697. The third-order valence-electron chi connectivity index (χ3n) is 4.67. The van der Waals surface area contributed by atoms with E-state index in [2.05, 4.69) is 5.43 Å². The van der Waals surface area contributed by atoms with Gasteiger partial charge in [-0.25, -0.2) is 18.3 Å². The molecule has 2 aromatic rings. The Hall–Kier alpha value is -2.33. The van der Waals surface area contributed by atoms with Crippen molar-refractivity contribution in [3.05, 3.63) is 38.5 Å². The SMILES string of the molecule is Cl.NC1CCN(c2c(F)cc3c(=O)n(N)c(=O)n(NC4CC4)c3c2F)C1. The molecule has 0 bridgehead atoms. The van der Waals surface area contributed by atoms with Gasteiger partial charge in [-0.05, 0) is 25.3 Å². The lowest BCUT2D eigenvalue weighted by molar-refractivity contribution is 0.576. The molecule has 1 unspecified atom stereocenters. The molecular formula is C15H19ClF2N6O2. The van der Waals surface area contributed by atoms with Gasteiger partial charge in [-0.2, -0.15) is 4.68 Å². The fraction of sp³-hybridized carbons (Fsp3) is 0.467. The van der Waals surface area contributed by atoms with E-state index in [-0.39, 0.29) is 41.1 Å². The van der Waals surface area contributed by atoms with E-state index in [0.29, 0.717) is 24.2 Å².